The number of aromatic nitrogens is 1. The van der Waals surface area contributed by atoms with E-state index in [1.54, 1.807) is 38.4 Å². The second-order valence-electron chi connectivity index (χ2n) is 3.86. The largest absolute Gasteiger partial charge is 0.394 e. The summed E-state index contributed by atoms with van der Waals surface area (Å²) in [6.45, 7) is 3.35. The van der Waals surface area contributed by atoms with Crippen molar-refractivity contribution in [1.29, 1.82) is 0 Å². The van der Waals surface area contributed by atoms with Crippen molar-refractivity contribution >= 4 is 11.7 Å². The summed E-state index contributed by atoms with van der Waals surface area (Å²) < 4.78 is 0. The Morgan fingerprint density at radius 2 is 2.33 bits per heavy atom. The van der Waals surface area contributed by atoms with Gasteiger partial charge in [-0.2, -0.15) is 0 Å². The summed E-state index contributed by atoms with van der Waals surface area (Å²) in [5.74, 6) is 0. The fourth-order valence-corrected chi connectivity index (χ4v) is 0.946. The lowest BCUT2D eigenvalue weighted by Crippen LogP contribution is -2.48. The predicted octanol–water partition coefficient (Wildman–Crippen LogP) is 0.974. The minimum Gasteiger partial charge on any atom is -0.394 e. The van der Waals surface area contributed by atoms with Gasteiger partial charge in [0.2, 0.25) is 0 Å². The van der Waals surface area contributed by atoms with E-state index in [2.05, 4.69) is 15.6 Å². The Morgan fingerprint density at radius 3 is 2.87 bits per heavy atom. The first-order valence-corrected chi connectivity index (χ1v) is 4.63. The van der Waals surface area contributed by atoms with Crippen LogP contribution in [0, 0.1) is 0 Å². The summed E-state index contributed by atoms with van der Waals surface area (Å²) in [6, 6.07) is 3.10. The van der Waals surface area contributed by atoms with Crippen molar-refractivity contribution in [3.05, 3.63) is 24.5 Å². The number of aliphatic hydroxyl groups excluding tert-OH is 1. The molecule has 0 saturated carbocycles. The molecule has 1 aromatic rings. The van der Waals surface area contributed by atoms with E-state index in [4.69, 9.17) is 5.11 Å². The molecule has 1 aromatic heterocycles. The van der Waals surface area contributed by atoms with Crippen molar-refractivity contribution in [2.45, 2.75) is 19.4 Å². The number of urea groups is 1. The van der Waals surface area contributed by atoms with Gasteiger partial charge in [-0.3, -0.25) is 4.98 Å². The highest BCUT2D eigenvalue weighted by molar-refractivity contribution is 5.89. The highest BCUT2D eigenvalue weighted by Gasteiger charge is 2.18. The van der Waals surface area contributed by atoms with Crippen LogP contribution < -0.4 is 10.6 Å². The summed E-state index contributed by atoms with van der Waals surface area (Å²) in [5.41, 5.74) is -0.0181. The van der Waals surface area contributed by atoms with E-state index < -0.39 is 5.54 Å². The molecule has 5 heteroatoms. The van der Waals surface area contributed by atoms with Crippen LogP contribution in [0.25, 0.3) is 0 Å². The first-order chi connectivity index (χ1) is 7.03. The van der Waals surface area contributed by atoms with Gasteiger partial charge in [0.05, 0.1) is 24.0 Å². The molecule has 0 aromatic carbocycles. The number of carbonyl (C=O) groups excluding carboxylic acids is 1. The molecular formula is C10H15N3O2. The van der Waals surface area contributed by atoms with Gasteiger partial charge in [-0.05, 0) is 26.0 Å². The van der Waals surface area contributed by atoms with Gasteiger partial charge in [0, 0.05) is 6.20 Å². The van der Waals surface area contributed by atoms with E-state index in [0.29, 0.717) is 5.69 Å². The maximum absolute atomic E-state index is 11.4. The molecule has 1 heterocycles. The van der Waals surface area contributed by atoms with Gasteiger partial charge >= 0.3 is 6.03 Å². The molecule has 15 heavy (non-hydrogen) atoms. The molecule has 0 unspecified atom stereocenters. The molecule has 0 saturated heterocycles. The fourth-order valence-electron chi connectivity index (χ4n) is 0.946. The van der Waals surface area contributed by atoms with Crippen LogP contribution in [-0.2, 0) is 0 Å². The molecule has 3 N–H and O–H groups in total. The molecule has 0 aliphatic heterocycles. The third kappa shape index (κ3) is 3.95. The Balaban J connectivity index is 2.51. The summed E-state index contributed by atoms with van der Waals surface area (Å²) in [4.78, 5) is 15.3. The second kappa shape index (κ2) is 4.75. The highest BCUT2D eigenvalue weighted by Crippen LogP contribution is 2.04. The van der Waals surface area contributed by atoms with E-state index >= 15 is 0 Å². The van der Waals surface area contributed by atoms with Crippen LogP contribution in [-0.4, -0.2) is 28.3 Å². The molecule has 1 rings (SSSR count). The number of carbonyl (C=O) groups is 1. The number of nitrogens with one attached hydrogen (secondary N) is 2. The van der Waals surface area contributed by atoms with Crippen LogP contribution in [0.1, 0.15) is 13.8 Å². The van der Waals surface area contributed by atoms with E-state index in [9.17, 15) is 4.79 Å². The third-order valence-electron chi connectivity index (χ3n) is 1.77. The molecule has 0 aliphatic carbocycles. The molecule has 5 nitrogen and oxygen atoms in total. The Hall–Kier alpha value is -1.62. The van der Waals surface area contributed by atoms with E-state index in [1.165, 1.54) is 0 Å². The number of rotatable bonds is 3. The van der Waals surface area contributed by atoms with Gasteiger partial charge in [-0.25, -0.2) is 4.79 Å². The maximum Gasteiger partial charge on any atom is 0.319 e. The van der Waals surface area contributed by atoms with Gasteiger partial charge in [0.1, 0.15) is 0 Å². The smallest absolute Gasteiger partial charge is 0.319 e. The minimum atomic E-state index is -0.633. The quantitative estimate of drug-likeness (QED) is 0.694. The first kappa shape index (κ1) is 11.5. The molecule has 0 fully saturated rings. The Kier molecular flexibility index (Phi) is 3.62. The predicted molar refractivity (Wildman–Crippen MR) is 57.6 cm³/mol. The Morgan fingerprint density at radius 1 is 1.60 bits per heavy atom. The number of hydrogen-bond acceptors (Lipinski definition) is 3. The van der Waals surface area contributed by atoms with Crippen molar-refractivity contribution < 1.29 is 9.90 Å². The molecule has 0 aliphatic rings. The van der Waals surface area contributed by atoms with Crippen LogP contribution in [0.5, 0.6) is 0 Å². The van der Waals surface area contributed by atoms with Crippen LogP contribution >= 0.6 is 0 Å². The molecular weight excluding hydrogens is 194 g/mol. The molecule has 0 atom stereocenters. The number of amides is 2. The van der Waals surface area contributed by atoms with Crippen molar-refractivity contribution in [3.63, 3.8) is 0 Å². The molecule has 82 valence electrons. The molecule has 0 bridgehead atoms. The Bertz CT molecular complexity index is 325. The topological polar surface area (TPSA) is 74.2 Å². The fraction of sp³-hybridized carbons (Fsp3) is 0.400. The average Bonchev–Trinajstić information content (AvgIpc) is 2.18. The van der Waals surface area contributed by atoms with Crippen molar-refractivity contribution in [2.75, 3.05) is 11.9 Å². The summed E-state index contributed by atoms with van der Waals surface area (Å²) in [5, 5.41) is 14.2. The molecule has 0 spiro atoms. The monoisotopic (exact) mass is 209 g/mol. The van der Waals surface area contributed by atoms with E-state index in [1.807, 2.05) is 0 Å². The highest BCUT2D eigenvalue weighted by atomic mass is 16.3. The lowest BCUT2D eigenvalue weighted by atomic mass is 10.1. The zero-order chi connectivity index (χ0) is 11.3. The second-order valence-corrected chi connectivity index (χ2v) is 3.86. The van der Waals surface area contributed by atoms with Crippen LogP contribution in [0.3, 0.4) is 0 Å². The van der Waals surface area contributed by atoms with Crippen molar-refractivity contribution in [3.8, 4) is 0 Å². The maximum atomic E-state index is 11.4. The van der Waals surface area contributed by atoms with Crippen LogP contribution in [0.2, 0.25) is 0 Å². The number of hydrogen-bond donors (Lipinski definition) is 3. The molecule has 2 amide bonds. The van der Waals surface area contributed by atoms with Gasteiger partial charge in [-0.1, -0.05) is 0 Å². The first-order valence-electron chi connectivity index (χ1n) is 4.63. The van der Waals surface area contributed by atoms with Gasteiger partial charge in [-0.15, -0.1) is 0 Å². The lowest BCUT2D eigenvalue weighted by Gasteiger charge is -2.23. The van der Waals surface area contributed by atoms with Gasteiger partial charge < -0.3 is 15.7 Å². The lowest BCUT2D eigenvalue weighted by molar-refractivity contribution is 0.187. The zero-order valence-corrected chi connectivity index (χ0v) is 8.82. The summed E-state index contributed by atoms with van der Waals surface area (Å²) in [6.07, 6.45) is 3.17. The zero-order valence-electron chi connectivity index (χ0n) is 8.82. The van der Waals surface area contributed by atoms with E-state index in [-0.39, 0.29) is 12.6 Å². The molecule has 0 radical (unpaired) electrons. The number of anilines is 1. The normalized spacial score (nSPS) is 10.9. The number of pyridine rings is 1. The minimum absolute atomic E-state index is 0.118. The number of nitrogens with zero attached hydrogens (tertiary/aromatic N) is 1. The third-order valence-corrected chi connectivity index (χ3v) is 1.77. The van der Waals surface area contributed by atoms with Crippen LogP contribution in [0.4, 0.5) is 10.5 Å². The SMILES string of the molecule is CC(C)(CO)NC(=O)Nc1cccnc1. The van der Waals surface area contributed by atoms with Gasteiger partial charge in [0.25, 0.3) is 0 Å². The van der Waals surface area contributed by atoms with Crippen molar-refractivity contribution in [2.24, 2.45) is 0 Å². The van der Waals surface area contributed by atoms with Gasteiger partial charge in [0.15, 0.2) is 0 Å². The number of aliphatic hydroxyl groups is 1. The average molecular weight is 209 g/mol. The standard InChI is InChI=1S/C10H15N3O2/c1-10(2,7-14)13-9(15)12-8-4-3-5-11-6-8/h3-6,14H,7H2,1-2H3,(H2,12,13,15). The Labute approximate surface area is 88.5 Å². The van der Waals surface area contributed by atoms with E-state index in [0.717, 1.165) is 0 Å². The van der Waals surface area contributed by atoms with Crippen molar-refractivity contribution in [1.82, 2.24) is 10.3 Å². The summed E-state index contributed by atoms with van der Waals surface area (Å²) in [7, 11) is 0. The summed E-state index contributed by atoms with van der Waals surface area (Å²) >= 11 is 0. The van der Waals surface area contributed by atoms with Crippen LogP contribution in [0.15, 0.2) is 24.5 Å².